The lowest BCUT2D eigenvalue weighted by Gasteiger charge is -2.27. The molecule has 0 saturated heterocycles. The van der Waals surface area contributed by atoms with Gasteiger partial charge in [0.15, 0.2) is 0 Å². The second-order valence-electron chi connectivity index (χ2n) is 4.79. The highest BCUT2D eigenvalue weighted by Crippen LogP contribution is 2.31. The molecule has 0 amide bonds. The van der Waals surface area contributed by atoms with Gasteiger partial charge in [0.2, 0.25) is 0 Å². The highest BCUT2D eigenvalue weighted by Gasteiger charge is 2.16. The van der Waals surface area contributed by atoms with Gasteiger partial charge < -0.3 is 14.4 Å². The molecule has 0 saturated carbocycles. The number of hydrogen-bond donors (Lipinski definition) is 0. The van der Waals surface area contributed by atoms with E-state index >= 15 is 0 Å². The fourth-order valence-electron chi connectivity index (χ4n) is 2.07. The smallest absolute Gasteiger partial charge is 0.119 e. The van der Waals surface area contributed by atoms with Gasteiger partial charge in [0.05, 0.1) is 17.3 Å². The van der Waals surface area contributed by atoms with Crippen molar-refractivity contribution >= 4 is 17.3 Å². The number of likely N-dealkylation sites (N-methyl/N-ethyl adjacent to an activating group) is 1. The van der Waals surface area contributed by atoms with Crippen LogP contribution >= 0.6 is 11.6 Å². The van der Waals surface area contributed by atoms with Crippen LogP contribution in [-0.4, -0.2) is 32.3 Å². The summed E-state index contributed by atoms with van der Waals surface area (Å²) in [5, 5.41) is 0.666. The molecule has 0 fully saturated rings. The molecule has 1 aliphatic rings. The van der Waals surface area contributed by atoms with Crippen molar-refractivity contribution in [3.63, 3.8) is 0 Å². The number of hydrogen-bond acceptors (Lipinski definition) is 3. The quantitative estimate of drug-likeness (QED) is 0.741. The van der Waals surface area contributed by atoms with Crippen molar-refractivity contribution in [2.75, 3.05) is 27.4 Å². The molecule has 0 spiro atoms. The topological polar surface area (TPSA) is 21.7 Å². The van der Waals surface area contributed by atoms with Gasteiger partial charge in [0, 0.05) is 32.9 Å². The third kappa shape index (κ3) is 3.90. The number of ether oxygens (including phenoxy) is 2. The first-order valence-electron chi connectivity index (χ1n) is 6.86. The summed E-state index contributed by atoms with van der Waals surface area (Å²) in [6.07, 6.45) is 4.75. The Bertz CT molecular complexity index is 561. The first kappa shape index (κ1) is 15.7. The van der Waals surface area contributed by atoms with Gasteiger partial charge in [-0.25, -0.2) is 0 Å². The van der Waals surface area contributed by atoms with Crippen molar-refractivity contribution in [1.82, 2.24) is 4.90 Å². The lowest BCUT2D eigenvalue weighted by molar-refractivity contribution is 0.172. The highest BCUT2D eigenvalue weighted by molar-refractivity contribution is 6.32. The Morgan fingerprint density at radius 1 is 1.14 bits per heavy atom. The third-order valence-corrected chi connectivity index (χ3v) is 3.69. The van der Waals surface area contributed by atoms with E-state index in [-0.39, 0.29) is 0 Å². The summed E-state index contributed by atoms with van der Waals surface area (Å²) in [5.41, 5.74) is 2.97. The number of rotatable bonds is 6. The normalized spacial score (nSPS) is 14.8. The molecular formula is C17H20ClNO2. The predicted molar refractivity (Wildman–Crippen MR) is 87.2 cm³/mol. The Kier molecular flexibility index (Phi) is 5.48. The van der Waals surface area contributed by atoms with Gasteiger partial charge in [0.1, 0.15) is 5.75 Å². The molecule has 0 aliphatic carbocycles. The minimum Gasteiger partial charge on any atom is -0.494 e. The Morgan fingerprint density at radius 2 is 1.86 bits per heavy atom. The summed E-state index contributed by atoms with van der Waals surface area (Å²) >= 11 is 6.07. The molecular weight excluding hydrogens is 286 g/mol. The van der Waals surface area contributed by atoms with Crippen molar-refractivity contribution < 1.29 is 9.47 Å². The molecule has 3 nitrogen and oxygen atoms in total. The second-order valence-corrected chi connectivity index (χ2v) is 5.20. The summed E-state index contributed by atoms with van der Waals surface area (Å²) in [5.74, 6) is 0.862. The monoisotopic (exact) mass is 305 g/mol. The largest absolute Gasteiger partial charge is 0.494 e. The van der Waals surface area contributed by atoms with E-state index in [0.29, 0.717) is 18.2 Å². The molecule has 21 heavy (non-hydrogen) atoms. The van der Waals surface area contributed by atoms with Crippen molar-refractivity contribution in [1.29, 1.82) is 0 Å². The summed E-state index contributed by atoms with van der Waals surface area (Å²) in [4.78, 5) is 1.98. The zero-order valence-corrected chi connectivity index (χ0v) is 13.2. The predicted octanol–water partition coefficient (Wildman–Crippen LogP) is 4.02. The molecule has 1 aromatic rings. The second kappa shape index (κ2) is 7.34. The minimum absolute atomic E-state index is 0.658. The number of halogens is 1. The van der Waals surface area contributed by atoms with Crippen LogP contribution in [-0.2, 0) is 4.74 Å². The van der Waals surface area contributed by atoms with E-state index in [1.54, 1.807) is 7.11 Å². The summed E-state index contributed by atoms with van der Waals surface area (Å²) in [6.45, 7) is 5.35. The molecule has 2 rings (SSSR count). The first-order valence-corrected chi connectivity index (χ1v) is 7.24. The van der Waals surface area contributed by atoms with E-state index in [0.717, 1.165) is 29.1 Å². The van der Waals surface area contributed by atoms with E-state index < -0.39 is 0 Å². The maximum atomic E-state index is 6.07. The fourth-order valence-corrected chi connectivity index (χ4v) is 2.26. The van der Waals surface area contributed by atoms with Gasteiger partial charge in [0.25, 0.3) is 0 Å². The molecule has 0 atom stereocenters. The molecule has 0 unspecified atom stereocenters. The fraction of sp³-hybridized carbons (Fsp3) is 0.294. The Morgan fingerprint density at radius 3 is 2.52 bits per heavy atom. The molecule has 112 valence electrons. The Balaban J connectivity index is 2.04. The van der Waals surface area contributed by atoms with Crippen LogP contribution in [0.1, 0.15) is 12.0 Å². The van der Waals surface area contributed by atoms with Crippen molar-refractivity contribution in [3.8, 4) is 5.75 Å². The maximum Gasteiger partial charge on any atom is 0.119 e. The van der Waals surface area contributed by atoms with E-state index in [4.69, 9.17) is 21.1 Å². The zero-order chi connectivity index (χ0) is 15.2. The van der Waals surface area contributed by atoms with Crippen molar-refractivity contribution in [2.45, 2.75) is 6.42 Å². The molecule has 0 aromatic heterocycles. The lowest BCUT2D eigenvalue weighted by atomic mass is 10.1. The van der Waals surface area contributed by atoms with E-state index in [1.807, 2.05) is 48.4 Å². The molecule has 1 aromatic carbocycles. The zero-order valence-electron chi connectivity index (χ0n) is 12.4. The van der Waals surface area contributed by atoms with Crippen molar-refractivity contribution in [3.05, 3.63) is 59.3 Å². The van der Waals surface area contributed by atoms with Gasteiger partial charge in [-0.3, -0.25) is 0 Å². The summed E-state index contributed by atoms with van der Waals surface area (Å²) in [6, 6.07) is 8.02. The summed E-state index contributed by atoms with van der Waals surface area (Å²) in [7, 11) is 3.65. The van der Waals surface area contributed by atoms with Gasteiger partial charge in [-0.15, -0.1) is 0 Å². The van der Waals surface area contributed by atoms with Crippen LogP contribution in [0.4, 0.5) is 0 Å². The van der Waals surface area contributed by atoms with Crippen molar-refractivity contribution in [2.24, 2.45) is 0 Å². The van der Waals surface area contributed by atoms with E-state index in [2.05, 4.69) is 6.58 Å². The molecule has 0 N–H and O–H groups in total. The average Bonchev–Trinajstić information content (AvgIpc) is 2.50. The third-order valence-electron chi connectivity index (χ3n) is 3.34. The Hall–Kier alpha value is -1.71. The number of allylic oxidation sites excluding steroid dienone is 3. The molecule has 0 radical (unpaired) electrons. The SMILES string of the molecule is C=C1C(Cl)=CC=C(c2ccc(OCCCOC)cc2)N1C. The number of nitrogens with zero attached hydrogens (tertiary/aromatic N) is 1. The molecule has 1 aliphatic heterocycles. The lowest BCUT2D eigenvalue weighted by Crippen LogP contribution is -2.18. The van der Waals surface area contributed by atoms with E-state index in [1.165, 1.54) is 0 Å². The van der Waals surface area contributed by atoms with Crippen LogP contribution in [0.15, 0.2) is 53.7 Å². The van der Waals surface area contributed by atoms with Crippen LogP contribution in [0.2, 0.25) is 0 Å². The van der Waals surface area contributed by atoms with Crippen LogP contribution in [0.3, 0.4) is 0 Å². The van der Waals surface area contributed by atoms with Crippen LogP contribution in [0, 0.1) is 0 Å². The van der Waals surface area contributed by atoms with Crippen LogP contribution in [0.5, 0.6) is 5.75 Å². The minimum atomic E-state index is 0.658. The maximum absolute atomic E-state index is 6.07. The first-order chi connectivity index (χ1) is 10.1. The average molecular weight is 306 g/mol. The molecule has 4 heteroatoms. The number of benzene rings is 1. The Labute approximate surface area is 131 Å². The highest BCUT2D eigenvalue weighted by atomic mass is 35.5. The van der Waals surface area contributed by atoms with Crippen LogP contribution in [0.25, 0.3) is 5.70 Å². The van der Waals surface area contributed by atoms with E-state index in [9.17, 15) is 0 Å². The standard InChI is InChI=1S/C17H20ClNO2/c1-13-16(18)9-10-17(19(13)2)14-5-7-15(8-6-14)21-12-4-11-20-3/h5-10H,1,4,11-12H2,2-3H3. The van der Waals surface area contributed by atoms with Crippen LogP contribution < -0.4 is 4.74 Å². The molecule has 0 bridgehead atoms. The molecule has 1 heterocycles. The van der Waals surface area contributed by atoms with Gasteiger partial charge >= 0.3 is 0 Å². The number of methoxy groups -OCH3 is 1. The van der Waals surface area contributed by atoms with Gasteiger partial charge in [-0.05, 0) is 42.0 Å². The van der Waals surface area contributed by atoms with Gasteiger partial charge in [-0.1, -0.05) is 18.2 Å². The van der Waals surface area contributed by atoms with Gasteiger partial charge in [-0.2, -0.15) is 0 Å². The summed E-state index contributed by atoms with van der Waals surface area (Å²) < 4.78 is 10.6.